The van der Waals surface area contributed by atoms with Crippen molar-refractivity contribution in [3.63, 3.8) is 0 Å². The minimum atomic E-state index is -0.690. The van der Waals surface area contributed by atoms with Crippen LogP contribution in [0.5, 0.6) is 5.75 Å². The number of ether oxygens (including phenoxy) is 3. The number of esters is 2. The number of non-ortho nitro benzene ring substituents is 1. The second kappa shape index (κ2) is 21.3. The van der Waals surface area contributed by atoms with E-state index in [9.17, 15) is 35.0 Å². The van der Waals surface area contributed by atoms with Gasteiger partial charge in [0.15, 0.2) is 0 Å². The SMILES string of the molecule is C=CC(=O)OCCCCN(CCCCOC(=O)C=C)c1cc(NC(=O)CC(C)CC(C)(C)C)c(NNc2c(C#N)cc([N+](=O)[O-])cc2C#N)cc1OC. The molecule has 0 aromatic heterocycles. The molecule has 53 heavy (non-hydrogen) atoms. The van der Waals surface area contributed by atoms with E-state index >= 15 is 0 Å². The molecule has 0 saturated carbocycles. The van der Waals surface area contributed by atoms with E-state index in [2.05, 4.69) is 55.0 Å². The molecule has 2 aromatic carbocycles. The first-order chi connectivity index (χ1) is 25.2. The van der Waals surface area contributed by atoms with Crippen molar-refractivity contribution in [1.29, 1.82) is 10.5 Å². The summed E-state index contributed by atoms with van der Waals surface area (Å²) in [6.07, 6.45) is 5.63. The lowest BCUT2D eigenvalue weighted by atomic mass is 9.84. The Hall–Kier alpha value is -6.09. The third-order valence-corrected chi connectivity index (χ3v) is 7.79. The molecule has 2 aromatic rings. The number of nitro groups is 1. The van der Waals surface area contributed by atoms with E-state index < -0.39 is 22.5 Å². The van der Waals surface area contributed by atoms with Gasteiger partial charge in [0.25, 0.3) is 5.69 Å². The minimum Gasteiger partial charge on any atom is -0.495 e. The molecule has 0 bridgehead atoms. The van der Waals surface area contributed by atoms with Gasteiger partial charge >= 0.3 is 11.9 Å². The van der Waals surface area contributed by atoms with Gasteiger partial charge in [-0.3, -0.25) is 25.8 Å². The Morgan fingerprint density at radius 3 is 1.92 bits per heavy atom. The van der Waals surface area contributed by atoms with Crippen molar-refractivity contribution in [2.75, 3.05) is 54.5 Å². The fourth-order valence-corrected chi connectivity index (χ4v) is 5.62. The molecule has 0 aliphatic heterocycles. The van der Waals surface area contributed by atoms with Crippen LogP contribution in [0.2, 0.25) is 0 Å². The highest BCUT2D eigenvalue weighted by atomic mass is 16.6. The maximum Gasteiger partial charge on any atom is 0.330 e. The van der Waals surface area contributed by atoms with Crippen LogP contribution in [0.4, 0.5) is 28.4 Å². The van der Waals surface area contributed by atoms with E-state index in [-0.39, 0.29) is 53.7 Å². The lowest BCUT2D eigenvalue weighted by molar-refractivity contribution is -0.384. The number of methoxy groups -OCH3 is 1. The van der Waals surface area contributed by atoms with E-state index in [1.807, 2.05) is 19.1 Å². The number of hydrogen-bond donors (Lipinski definition) is 3. The summed E-state index contributed by atoms with van der Waals surface area (Å²) < 4.78 is 16.1. The average molecular weight is 732 g/mol. The van der Waals surface area contributed by atoms with Crippen LogP contribution < -0.4 is 25.8 Å². The van der Waals surface area contributed by atoms with Crippen LogP contribution in [-0.2, 0) is 23.9 Å². The van der Waals surface area contributed by atoms with Crippen LogP contribution >= 0.6 is 0 Å². The molecule has 0 spiro atoms. The number of nitriles is 2. The van der Waals surface area contributed by atoms with E-state index in [1.165, 1.54) is 7.11 Å². The Balaban J connectivity index is 2.55. The average Bonchev–Trinajstić information content (AvgIpc) is 3.11. The topological polar surface area (TPSA) is 209 Å². The third-order valence-electron chi connectivity index (χ3n) is 7.79. The highest BCUT2D eigenvalue weighted by Crippen LogP contribution is 2.39. The highest BCUT2D eigenvalue weighted by Gasteiger charge is 2.22. The van der Waals surface area contributed by atoms with E-state index in [1.54, 1.807) is 12.1 Å². The van der Waals surface area contributed by atoms with Gasteiger partial charge in [-0.25, -0.2) is 9.59 Å². The Bertz CT molecular complexity index is 1660. The standard InChI is InChI=1S/C38H49N7O8/c1-8-35(47)52-16-12-10-14-44(15-11-13-17-53-36(48)9-2)32-21-30(41-34(46)18-26(3)23-38(4,5)6)31(22-33(32)51-7)42-43-37-27(24-39)19-29(45(49)50)20-28(37)25-40/h8-9,19-22,26,42-43H,1-2,10-18,23H2,3-7H3,(H,41,46). The molecule has 2 rings (SSSR count). The predicted octanol–water partition coefficient (Wildman–Crippen LogP) is 7.01. The minimum absolute atomic E-state index is 0.00987. The van der Waals surface area contributed by atoms with Crippen molar-refractivity contribution in [2.45, 2.75) is 66.2 Å². The number of carbonyl (C=O) groups is 3. The van der Waals surface area contributed by atoms with Gasteiger partial charge in [-0.2, -0.15) is 10.5 Å². The zero-order valence-electron chi connectivity index (χ0n) is 31.1. The Kier molecular flexibility index (Phi) is 17.3. The largest absolute Gasteiger partial charge is 0.495 e. The molecule has 15 nitrogen and oxygen atoms in total. The molecule has 0 aliphatic rings. The Labute approximate surface area is 310 Å². The van der Waals surface area contributed by atoms with Gasteiger partial charge in [0.2, 0.25) is 5.91 Å². The highest BCUT2D eigenvalue weighted by molar-refractivity contribution is 5.96. The van der Waals surface area contributed by atoms with E-state index in [0.717, 1.165) is 30.7 Å². The second-order valence-corrected chi connectivity index (χ2v) is 13.5. The van der Waals surface area contributed by atoms with Crippen LogP contribution in [0.15, 0.2) is 49.6 Å². The number of unbranched alkanes of at least 4 members (excludes halogenated alkanes) is 2. The normalized spacial score (nSPS) is 11.2. The predicted molar refractivity (Wildman–Crippen MR) is 202 cm³/mol. The molecule has 284 valence electrons. The lowest BCUT2D eigenvalue weighted by Crippen LogP contribution is -2.27. The van der Waals surface area contributed by atoms with Crippen LogP contribution in [0, 0.1) is 44.1 Å². The van der Waals surface area contributed by atoms with Crippen molar-refractivity contribution >= 4 is 46.3 Å². The smallest absolute Gasteiger partial charge is 0.330 e. The maximum absolute atomic E-state index is 13.5. The van der Waals surface area contributed by atoms with Gasteiger partial charge in [-0.05, 0) is 49.5 Å². The summed E-state index contributed by atoms with van der Waals surface area (Å²) in [6.45, 7) is 16.6. The van der Waals surface area contributed by atoms with Crippen molar-refractivity contribution < 1.29 is 33.5 Å². The third kappa shape index (κ3) is 14.6. The second-order valence-electron chi connectivity index (χ2n) is 13.5. The molecule has 1 amide bonds. The zero-order valence-corrected chi connectivity index (χ0v) is 31.1. The molecular weight excluding hydrogens is 682 g/mol. The number of nitrogens with zero attached hydrogens (tertiary/aromatic N) is 4. The Morgan fingerprint density at radius 2 is 1.47 bits per heavy atom. The molecule has 0 saturated heterocycles. The molecular formula is C38H49N7O8. The van der Waals surface area contributed by atoms with Gasteiger partial charge in [0.1, 0.15) is 17.9 Å². The first-order valence-corrected chi connectivity index (χ1v) is 17.2. The van der Waals surface area contributed by atoms with Gasteiger partial charge in [0, 0.05) is 49.9 Å². The monoisotopic (exact) mass is 731 g/mol. The summed E-state index contributed by atoms with van der Waals surface area (Å²) in [7, 11) is 1.49. The fraction of sp³-hybridized carbons (Fsp3) is 0.447. The van der Waals surface area contributed by atoms with Crippen LogP contribution in [-0.4, -0.2) is 56.2 Å². The first kappa shape index (κ1) is 43.1. The zero-order chi connectivity index (χ0) is 39.6. The molecule has 0 radical (unpaired) electrons. The number of nitro benzene ring substituents is 1. The number of rotatable bonds is 22. The lowest BCUT2D eigenvalue weighted by Gasteiger charge is -2.29. The fourth-order valence-electron chi connectivity index (χ4n) is 5.62. The molecule has 1 unspecified atom stereocenters. The first-order valence-electron chi connectivity index (χ1n) is 17.2. The number of hydrazine groups is 1. The molecule has 0 heterocycles. The van der Waals surface area contributed by atoms with Gasteiger partial charge in [-0.1, -0.05) is 40.9 Å². The van der Waals surface area contributed by atoms with Crippen molar-refractivity contribution in [3.05, 3.63) is 70.8 Å². The van der Waals surface area contributed by atoms with Gasteiger partial charge < -0.3 is 24.4 Å². The molecule has 0 aliphatic carbocycles. The maximum atomic E-state index is 13.5. The summed E-state index contributed by atoms with van der Waals surface area (Å²) in [5.74, 6) is -0.783. The summed E-state index contributed by atoms with van der Waals surface area (Å²) in [5, 5.41) is 33.9. The number of carbonyl (C=O) groups excluding carboxylic acids is 3. The number of hydrogen-bond acceptors (Lipinski definition) is 13. The summed E-state index contributed by atoms with van der Waals surface area (Å²) in [5.41, 5.74) is 6.44. The number of anilines is 4. The Morgan fingerprint density at radius 1 is 0.925 bits per heavy atom. The van der Waals surface area contributed by atoms with E-state index in [0.29, 0.717) is 61.6 Å². The van der Waals surface area contributed by atoms with Crippen LogP contribution in [0.3, 0.4) is 0 Å². The molecule has 1 atom stereocenters. The summed E-state index contributed by atoms with van der Waals surface area (Å²) >= 11 is 0. The molecule has 3 N–H and O–H groups in total. The van der Waals surface area contributed by atoms with Crippen molar-refractivity contribution in [3.8, 4) is 17.9 Å². The number of benzene rings is 2. The molecule has 15 heteroatoms. The number of nitrogens with one attached hydrogen (secondary N) is 3. The van der Waals surface area contributed by atoms with Crippen molar-refractivity contribution in [1.82, 2.24) is 0 Å². The van der Waals surface area contributed by atoms with Gasteiger partial charge in [0.05, 0.1) is 59.1 Å². The number of amides is 1. The summed E-state index contributed by atoms with van der Waals surface area (Å²) in [4.78, 5) is 49.3. The summed E-state index contributed by atoms with van der Waals surface area (Å²) in [6, 6.07) is 9.28. The quantitative estimate of drug-likeness (QED) is 0.0366. The van der Waals surface area contributed by atoms with Crippen LogP contribution in [0.1, 0.15) is 77.3 Å². The van der Waals surface area contributed by atoms with E-state index in [4.69, 9.17) is 14.2 Å². The van der Waals surface area contributed by atoms with Crippen molar-refractivity contribution in [2.24, 2.45) is 11.3 Å². The van der Waals surface area contributed by atoms with Gasteiger partial charge in [-0.15, -0.1) is 0 Å². The molecule has 0 fully saturated rings. The van der Waals surface area contributed by atoms with Crippen LogP contribution in [0.25, 0.3) is 0 Å².